The number of rotatable bonds is 4. The van der Waals surface area contributed by atoms with Gasteiger partial charge in [0.2, 0.25) is 0 Å². The van der Waals surface area contributed by atoms with Crippen LogP contribution in [0.4, 0.5) is 0 Å². The van der Waals surface area contributed by atoms with Gasteiger partial charge in [0.25, 0.3) is 0 Å². The summed E-state index contributed by atoms with van der Waals surface area (Å²) in [5.41, 5.74) is 6.32. The Kier molecular flexibility index (Phi) is 3.13. The van der Waals surface area contributed by atoms with Gasteiger partial charge in [-0.1, -0.05) is 13.3 Å². The summed E-state index contributed by atoms with van der Waals surface area (Å²) >= 11 is 0. The fourth-order valence-electron chi connectivity index (χ4n) is 2.88. The molecule has 0 amide bonds. The van der Waals surface area contributed by atoms with Crippen molar-refractivity contribution in [2.45, 2.75) is 51.5 Å². The SMILES string of the molecule is CC1CCC(NCC2(CN)CCC2)C1. The first-order chi connectivity index (χ1) is 6.74. The first-order valence-electron chi connectivity index (χ1n) is 6.18. The molecule has 0 aliphatic heterocycles. The highest BCUT2D eigenvalue weighted by molar-refractivity contribution is 4.92. The Morgan fingerprint density at radius 2 is 2.14 bits per heavy atom. The van der Waals surface area contributed by atoms with Crippen LogP contribution in [0.5, 0.6) is 0 Å². The third-order valence-electron chi connectivity index (χ3n) is 4.31. The summed E-state index contributed by atoms with van der Waals surface area (Å²) in [5.74, 6) is 0.933. The van der Waals surface area contributed by atoms with Gasteiger partial charge in [-0.3, -0.25) is 0 Å². The third-order valence-corrected chi connectivity index (χ3v) is 4.31. The molecule has 82 valence electrons. The maximum atomic E-state index is 5.84. The van der Waals surface area contributed by atoms with Gasteiger partial charge in [-0.05, 0) is 50.0 Å². The van der Waals surface area contributed by atoms with Crippen LogP contribution in [0.15, 0.2) is 0 Å². The van der Waals surface area contributed by atoms with Crippen molar-refractivity contribution in [1.82, 2.24) is 5.32 Å². The van der Waals surface area contributed by atoms with Gasteiger partial charge in [0.1, 0.15) is 0 Å². The summed E-state index contributed by atoms with van der Waals surface area (Å²) in [6.07, 6.45) is 8.24. The second-order valence-electron chi connectivity index (χ2n) is 5.55. The molecule has 3 N–H and O–H groups in total. The van der Waals surface area contributed by atoms with Gasteiger partial charge in [-0.15, -0.1) is 0 Å². The van der Waals surface area contributed by atoms with Crippen LogP contribution in [0.3, 0.4) is 0 Å². The van der Waals surface area contributed by atoms with E-state index in [0.29, 0.717) is 5.41 Å². The largest absolute Gasteiger partial charge is 0.330 e. The van der Waals surface area contributed by atoms with Crippen LogP contribution in [0, 0.1) is 11.3 Å². The van der Waals surface area contributed by atoms with Crippen molar-refractivity contribution < 1.29 is 0 Å². The van der Waals surface area contributed by atoms with Gasteiger partial charge in [0, 0.05) is 12.6 Å². The fraction of sp³-hybridized carbons (Fsp3) is 1.00. The molecular weight excluding hydrogens is 172 g/mol. The fourth-order valence-corrected chi connectivity index (χ4v) is 2.88. The minimum absolute atomic E-state index is 0.478. The molecule has 0 aromatic rings. The van der Waals surface area contributed by atoms with Gasteiger partial charge in [0.05, 0.1) is 0 Å². The predicted molar refractivity (Wildman–Crippen MR) is 60.1 cm³/mol. The van der Waals surface area contributed by atoms with Gasteiger partial charge in [-0.2, -0.15) is 0 Å². The maximum Gasteiger partial charge on any atom is 0.00699 e. The van der Waals surface area contributed by atoms with Gasteiger partial charge in [-0.25, -0.2) is 0 Å². The van der Waals surface area contributed by atoms with Crippen molar-refractivity contribution >= 4 is 0 Å². The molecule has 2 unspecified atom stereocenters. The molecule has 0 heterocycles. The van der Waals surface area contributed by atoms with Crippen molar-refractivity contribution in [3.63, 3.8) is 0 Å². The van der Waals surface area contributed by atoms with E-state index >= 15 is 0 Å². The Morgan fingerprint density at radius 3 is 2.57 bits per heavy atom. The highest BCUT2D eigenvalue weighted by Gasteiger charge is 2.36. The van der Waals surface area contributed by atoms with E-state index in [9.17, 15) is 0 Å². The normalized spacial score (nSPS) is 35.6. The van der Waals surface area contributed by atoms with Crippen molar-refractivity contribution in [3.05, 3.63) is 0 Å². The van der Waals surface area contributed by atoms with Crippen LogP contribution < -0.4 is 11.1 Å². The Hall–Kier alpha value is -0.0800. The molecule has 2 aliphatic rings. The predicted octanol–water partition coefficient (Wildman–Crippen LogP) is 1.89. The highest BCUT2D eigenvalue weighted by Crippen LogP contribution is 2.39. The number of nitrogens with one attached hydrogen (secondary N) is 1. The van der Waals surface area contributed by atoms with Crippen molar-refractivity contribution in [2.75, 3.05) is 13.1 Å². The van der Waals surface area contributed by atoms with E-state index in [-0.39, 0.29) is 0 Å². The molecule has 0 saturated heterocycles. The molecule has 0 bridgehead atoms. The van der Waals surface area contributed by atoms with Crippen LogP contribution in [0.1, 0.15) is 45.4 Å². The van der Waals surface area contributed by atoms with Crippen LogP contribution >= 0.6 is 0 Å². The minimum atomic E-state index is 0.478. The summed E-state index contributed by atoms with van der Waals surface area (Å²) in [4.78, 5) is 0. The summed E-state index contributed by atoms with van der Waals surface area (Å²) in [5, 5.41) is 3.73. The monoisotopic (exact) mass is 196 g/mol. The Morgan fingerprint density at radius 1 is 1.36 bits per heavy atom. The highest BCUT2D eigenvalue weighted by atomic mass is 14.9. The summed E-state index contributed by atoms with van der Waals surface area (Å²) in [7, 11) is 0. The average Bonchev–Trinajstić information content (AvgIpc) is 2.50. The van der Waals surface area contributed by atoms with E-state index < -0.39 is 0 Å². The van der Waals surface area contributed by atoms with Crippen molar-refractivity contribution in [3.8, 4) is 0 Å². The van der Waals surface area contributed by atoms with E-state index in [4.69, 9.17) is 5.73 Å². The van der Waals surface area contributed by atoms with E-state index in [0.717, 1.165) is 18.5 Å². The maximum absolute atomic E-state index is 5.84. The quantitative estimate of drug-likeness (QED) is 0.720. The lowest BCUT2D eigenvalue weighted by Gasteiger charge is -2.42. The summed E-state index contributed by atoms with van der Waals surface area (Å²) in [6, 6.07) is 0.786. The second kappa shape index (κ2) is 4.19. The average molecular weight is 196 g/mol. The zero-order valence-corrected chi connectivity index (χ0v) is 9.39. The van der Waals surface area contributed by atoms with Gasteiger partial charge >= 0.3 is 0 Å². The van der Waals surface area contributed by atoms with Crippen LogP contribution in [-0.4, -0.2) is 19.1 Å². The molecule has 0 radical (unpaired) electrons. The van der Waals surface area contributed by atoms with E-state index in [2.05, 4.69) is 12.2 Å². The second-order valence-corrected chi connectivity index (χ2v) is 5.55. The lowest BCUT2D eigenvalue weighted by atomic mass is 9.68. The van der Waals surface area contributed by atoms with E-state index in [1.807, 2.05) is 0 Å². The molecule has 14 heavy (non-hydrogen) atoms. The smallest absolute Gasteiger partial charge is 0.00699 e. The Bertz CT molecular complexity index is 181. The molecule has 2 nitrogen and oxygen atoms in total. The zero-order chi connectivity index (χ0) is 10.0. The molecule has 0 aromatic carbocycles. The molecule has 2 saturated carbocycles. The van der Waals surface area contributed by atoms with Gasteiger partial charge < -0.3 is 11.1 Å². The molecule has 0 spiro atoms. The Labute approximate surface area is 87.6 Å². The molecule has 2 fully saturated rings. The van der Waals surface area contributed by atoms with Crippen molar-refractivity contribution in [2.24, 2.45) is 17.1 Å². The summed E-state index contributed by atoms with van der Waals surface area (Å²) in [6.45, 7) is 4.41. The van der Waals surface area contributed by atoms with E-state index in [1.54, 1.807) is 0 Å². The number of hydrogen-bond acceptors (Lipinski definition) is 2. The molecule has 2 rings (SSSR count). The molecule has 2 heteroatoms. The topological polar surface area (TPSA) is 38.0 Å². The number of hydrogen-bond donors (Lipinski definition) is 2. The summed E-state index contributed by atoms with van der Waals surface area (Å²) < 4.78 is 0. The standard InChI is InChI=1S/C12H24N2/c1-10-3-4-11(7-10)14-9-12(8-13)5-2-6-12/h10-11,14H,2-9,13H2,1H3. The molecule has 2 aliphatic carbocycles. The number of nitrogens with two attached hydrogens (primary N) is 1. The lowest BCUT2D eigenvalue weighted by Crippen LogP contribution is -2.47. The first kappa shape index (κ1) is 10.4. The lowest BCUT2D eigenvalue weighted by molar-refractivity contribution is 0.135. The molecule has 0 aromatic heterocycles. The zero-order valence-electron chi connectivity index (χ0n) is 9.39. The van der Waals surface area contributed by atoms with Crippen LogP contribution in [-0.2, 0) is 0 Å². The van der Waals surface area contributed by atoms with Crippen molar-refractivity contribution in [1.29, 1.82) is 0 Å². The Balaban J connectivity index is 1.71. The van der Waals surface area contributed by atoms with Gasteiger partial charge in [0.15, 0.2) is 0 Å². The third kappa shape index (κ3) is 2.12. The van der Waals surface area contributed by atoms with Crippen LogP contribution in [0.25, 0.3) is 0 Å². The molecule has 2 atom stereocenters. The molecular formula is C12H24N2. The first-order valence-corrected chi connectivity index (χ1v) is 6.18. The van der Waals surface area contributed by atoms with Crippen LogP contribution in [0.2, 0.25) is 0 Å². The minimum Gasteiger partial charge on any atom is -0.330 e. The van der Waals surface area contributed by atoms with E-state index in [1.165, 1.54) is 45.1 Å².